The number of halogens is 3. The lowest BCUT2D eigenvalue weighted by Crippen LogP contribution is -2.40. The number of nitrogens with zero attached hydrogens (tertiary/aromatic N) is 2. The Bertz CT molecular complexity index is 419. The van der Waals surface area contributed by atoms with E-state index < -0.39 is 12.6 Å². The Hall–Kier alpha value is -1.38. The average molecular weight is 266 g/mol. The van der Waals surface area contributed by atoms with Crippen molar-refractivity contribution in [3.8, 4) is 0 Å². The Balaban J connectivity index is 1.96. The number of anilines is 1. The predicted molar refractivity (Wildman–Crippen MR) is 56.5 cm³/mol. The second-order valence-electron chi connectivity index (χ2n) is 3.34. The van der Waals surface area contributed by atoms with Gasteiger partial charge in [-0.3, -0.25) is 9.10 Å². The van der Waals surface area contributed by atoms with Crippen LogP contribution in [0.1, 0.15) is 16.9 Å². The molecule has 0 aromatic carbocycles. The normalized spacial score (nSPS) is 15.7. The molecule has 94 valence electrons. The predicted octanol–water partition coefficient (Wildman–Crippen LogP) is 1.52. The quantitative estimate of drug-likeness (QED) is 0.814. The van der Waals surface area contributed by atoms with Crippen molar-refractivity contribution in [2.75, 3.05) is 16.7 Å². The molecule has 2 rings (SSSR count). The molecule has 0 aliphatic carbocycles. The van der Waals surface area contributed by atoms with E-state index in [1.54, 1.807) is 0 Å². The maximum absolute atomic E-state index is 12.0. The standard InChI is InChI=1S/C8H9F3N4OS/c9-8(10,11)1-2-17-15-4-14-7(16)5-6(15)13-3-12-5/h3H,1-2,4H2,(H,12,13)(H,14,16). The molecular formula is C8H9F3N4OS. The number of nitrogens with one attached hydrogen (secondary N) is 2. The van der Waals surface area contributed by atoms with Gasteiger partial charge in [-0.1, -0.05) is 0 Å². The van der Waals surface area contributed by atoms with Gasteiger partial charge < -0.3 is 10.3 Å². The largest absolute Gasteiger partial charge is 0.389 e. The average Bonchev–Trinajstić information content (AvgIpc) is 2.69. The first-order valence-electron chi connectivity index (χ1n) is 4.76. The van der Waals surface area contributed by atoms with Gasteiger partial charge in [0, 0.05) is 5.75 Å². The number of hydrogen-bond donors (Lipinski definition) is 2. The number of fused-ring (bicyclic) bond motifs is 1. The van der Waals surface area contributed by atoms with Crippen molar-refractivity contribution < 1.29 is 18.0 Å². The highest BCUT2D eigenvalue weighted by molar-refractivity contribution is 8.00. The summed E-state index contributed by atoms with van der Waals surface area (Å²) >= 11 is 0.990. The van der Waals surface area contributed by atoms with Crippen molar-refractivity contribution in [2.24, 2.45) is 0 Å². The van der Waals surface area contributed by atoms with Crippen LogP contribution in [0.2, 0.25) is 0 Å². The Morgan fingerprint density at radius 3 is 3.00 bits per heavy atom. The monoisotopic (exact) mass is 266 g/mol. The van der Waals surface area contributed by atoms with Crippen molar-refractivity contribution in [1.29, 1.82) is 0 Å². The van der Waals surface area contributed by atoms with E-state index in [1.165, 1.54) is 10.6 Å². The third kappa shape index (κ3) is 2.84. The van der Waals surface area contributed by atoms with Crippen LogP contribution in [-0.4, -0.2) is 34.5 Å². The number of H-pyrrole nitrogens is 1. The maximum Gasteiger partial charge on any atom is 0.389 e. The van der Waals surface area contributed by atoms with Crippen molar-refractivity contribution in [2.45, 2.75) is 12.6 Å². The van der Waals surface area contributed by atoms with Gasteiger partial charge >= 0.3 is 6.18 Å². The van der Waals surface area contributed by atoms with Crippen LogP contribution >= 0.6 is 11.9 Å². The Morgan fingerprint density at radius 1 is 1.53 bits per heavy atom. The minimum Gasteiger partial charge on any atom is -0.339 e. The topological polar surface area (TPSA) is 61.0 Å². The lowest BCUT2D eigenvalue weighted by atomic mass is 10.3. The van der Waals surface area contributed by atoms with Crippen LogP contribution in [0, 0.1) is 0 Å². The van der Waals surface area contributed by atoms with E-state index in [-0.39, 0.29) is 24.0 Å². The van der Waals surface area contributed by atoms with Gasteiger partial charge in [0.15, 0.2) is 5.82 Å². The number of alkyl halides is 3. The van der Waals surface area contributed by atoms with Crippen LogP contribution in [0.15, 0.2) is 6.33 Å². The number of amides is 1. The van der Waals surface area contributed by atoms with Crippen LogP contribution in [0.25, 0.3) is 0 Å². The zero-order valence-electron chi connectivity index (χ0n) is 8.54. The number of carbonyl (C=O) groups is 1. The second-order valence-corrected chi connectivity index (χ2v) is 4.45. The molecule has 1 aliphatic heterocycles. The van der Waals surface area contributed by atoms with Crippen LogP contribution in [-0.2, 0) is 0 Å². The van der Waals surface area contributed by atoms with Gasteiger partial charge in [-0.2, -0.15) is 13.2 Å². The molecule has 1 aliphatic rings. The molecule has 2 N–H and O–H groups in total. The molecular weight excluding hydrogens is 257 g/mol. The Labute approximate surface area is 98.9 Å². The lowest BCUT2D eigenvalue weighted by molar-refractivity contribution is -0.129. The smallest absolute Gasteiger partial charge is 0.339 e. The third-order valence-electron chi connectivity index (χ3n) is 2.10. The summed E-state index contributed by atoms with van der Waals surface area (Å²) in [7, 11) is 0. The number of aromatic amines is 1. The van der Waals surface area contributed by atoms with E-state index in [0.717, 1.165) is 11.9 Å². The highest BCUT2D eigenvalue weighted by Gasteiger charge is 2.29. The van der Waals surface area contributed by atoms with E-state index in [9.17, 15) is 18.0 Å². The molecule has 5 nitrogen and oxygen atoms in total. The molecule has 0 spiro atoms. The van der Waals surface area contributed by atoms with E-state index in [1.807, 2.05) is 0 Å². The van der Waals surface area contributed by atoms with Crippen LogP contribution in [0.4, 0.5) is 19.0 Å². The summed E-state index contributed by atoms with van der Waals surface area (Å²) in [5.41, 5.74) is 0.274. The van der Waals surface area contributed by atoms with Gasteiger partial charge in [0.05, 0.1) is 12.7 Å². The van der Waals surface area contributed by atoms with Gasteiger partial charge in [0.1, 0.15) is 12.4 Å². The molecule has 1 aromatic rings. The number of imidazole rings is 1. The molecule has 0 bridgehead atoms. The Morgan fingerprint density at radius 2 is 2.29 bits per heavy atom. The summed E-state index contributed by atoms with van der Waals surface area (Å²) in [4.78, 5) is 17.9. The first kappa shape index (κ1) is 12.1. The van der Waals surface area contributed by atoms with Crippen molar-refractivity contribution >= 4 is 23.7 Å². The fourth-order valence-electron chi connectivity index (χ4n) is 1.33. The number of carbonyl (C=O) groups excluding carboxylic acids is 1. The van der Waals surface area contributed by atoms with Crippen molar-refractivity contribution in [3.05, 3.63) is 12.0 Å². The SMILES string of the molecule is O=C1NCN(SCCC(F)(F)F)c2nc[nH]c21. The minimum atomic E-state index is -4.17. The molecule has 0 saturated carbocycles. The van der Waals surface area contributed by atoms with Crippen molar-refractivity contribution in [1.82, 2.24) is 15.3 Å². The number of hydrogen-bond acceptors (Lipinski definition) is 4. The molecule has 1 amide bonds. The molecule has 2 heterocycles. The maximum atomic E-state index is 12.0. The lowest BCUT2D eigenvalue weighted by Gasteiger charge is -2.26. The summed E-state index contributed by atoms with van der Waals surface area (Å²) in [6.45, 7) is 0.152. The number of aromatic nitrogens is 2. The number of rotatable bonds is 3. The van der Waals surface area contributed by atoms with Crippen molar-refractivity contribution in [3.63, 3.8) is 0 Å². The summed E-state index contributed by atoms with van der Waals surface area (Å²) in [5.74, 6) is -0.0304. The summed E-state index contributed by atoms with van der Waals surface area (Å²) in [6.07, 6.45) is -3.70. The second kappa shape index (κ2) is 4.47. The molecule has 0 fully saturated rings. The zero-order chi connectivity index (χ0) is 12.5. The minimum absolute atomic E-state index is 0.105. The highest BCUT2D eigenvalue weighted by Crippen LogP contribution is 2.28. The van der Waals surface area contributed by atoms with Gasteiger partial charge in [-0.05, 0) is 11.9 Å². The van der Waals surface area contributed by atoms with Gasteiger partial charge in [-0.25, -0.2) is 4.98 Å². The van der Waals surface area contributed by atoms with Crippen LogP contribution in [0.3, 0.4) is 0 Å². The van der Waals surface area contributed by atoms with E-state index in [2.05, 4.69) is 15.3 Å². The van der Waals surface area contributed by atoms with Crippen LogP contribution < -0.4 is 9.62 Å². The first-order chi connectivity index (χ1) is 7.97. The first-order valence-corrected chi connectivity index (χ1v) is 5.70. The zero-order valence-corrected chi connectivity index (χ0v) is 9.36. The summed E-state index contributed by atoms with van der Waals surface area (Å²) in [5, 5.41) is 2.54. The Kier molecular flexibility index (Phi) is 3.18. The van der Waals surface area contributed by atoms with Gasteiger partial charge in [0.2, 0.25) is 0 Å². The third-order valence-corrected chi connectivity index (χ3v) is 3.10. The molecule has 0 radical (unpaired) electrons. The molecule has 0 saturated heterocycles. The summed E-state index contributed by atoms with van der Waals surface area (Å²) < 4.78 is 37.5. The molecule has 17 heavy (non-hydrogen) atoms. The highest BCUT2D eigenvalue weighted by atomic mass is 32.2. The fourth-order valence-corrected chi connectivity index (χ4v) is 2.29. The fraction of sp³-hybridized carbons (Fsp3) is 0.500. The van der Waals surface area contributed by atoms with E-state index >= 15 is 0 Å². The van der Waals surface area contributed by atoms with E-state index in [0.29, 0.717) is 5.82 Å². The molecule has 1 aromatic heterocycles. The van der Waals surface area contributed by atoms with Gasteiger partial charge in [-0.15, -0.1) is 0 Å². The molecule has 9 heteroatoms. The van der Waals surface area contributed by atoms with Gasteiger partial charge in [0.25, 0.3) is 5.91 Å². The summed E-state index contributed by atoms with van der Waals surface area (Å²) in [6, 6.07) is 0. The van der Waals surface area contributed by atoms with Crippen LogP contribution in [0.5, 0.6) is 0 Å². The molecule has 0 atom stereocenters. The molecule has 0 unspecified atom stereocenters. The van der Waals surface area contributed by atoms with E-state index in [4.69, 9.17) is 0 Å².